The van der Waals surface area contributed by atoms with Gasteiger partial charge in [0, 0.05) is 19.4 Å². The molecule has 0 aliphatic carbocycles. The number of hydrogen-bond donors (Lipinski definition) is 1. The highest BCUT2D eigenvalue weighted by atomic mass is 19.1. The number of imide groups is 1. The van der Waals surface area contributed by atoms with E-state index in [0.717, 1.165) is 51.3 Å². The first-order valence-electron chi connectivity index (χ1n) is 12.2. The quantitative estimate of drug-likeness (QED) is 0.513. The van der Waals surface area contributed by atoms with Crippen LogP contribution in [0, 0.1) is 23.6 Å². The van der Waals surface area contributed by atoms with Crippen LogP contribution >= 0.6 is 0 Å². The number of hydrogen-bond acceptors (Lipinski definition) is 4. The third-order valence-electron chi connectivity index (χ3n) is 7.43. The van der Waals surface area contributed by atoms with Crippen molar-refractivity contribution in [2.75, 3.05) is 26.2 Å². The van der Waals surface area contributed by atoms with Crippen molar-refractivity contribution in [2.45, 2.75) is 44.7 Å². The molecule has 0 aromatic heterocycles. The molecule has 2 aromatic carbocycles. The first-order valence-corrected chi connectivity index (χ1v) is 12.2. The van der Waals surface area contributed by atoms with Crippen LogP contribution in [-0.2, 0) is 24.2 Å². The molecule has 7 heteroatoms. The van der Waals surface area contributed by atoms with E-state index in [1.54, 1.807) is 13.0 Å². The number of nitrogens with one attached hydrogen (secondary N) is 1. The van der Waals surface area contributed by atoms with Crippen LogP contribution in [0.1, 0.15) is 36.5 Å². The second-order valence-corrected chi connectivity index (χ2v) is 9.62. The van der Waals surface area contributed by atoms with E-state index < -0.39 is 11.6 Å². The zero-order valence-electron chi connectivity index (χ0n) is 20.0. The van der Waals surface area contributed by atoms with E-state index in [-0.39, 0.29) is 30.6 Å². The molecular weight excluding hydrogens is 445 g/mol. The van der Waals surface area contributed by atoms with Gasteiger partial charge in [-0.15, -0.1) is 5.92 Å². The lowest BCUT2D eigenvalue weighted by molar-refractivity contribution is -0.133. The smallest absolute Gasteiger partial charge is 0.325 e. The number of benzene rings is 2. The lowest BCUT2D eigenvalue weighted by Gasteiger charge is -2.41. The summed E-state index contributed by atoms with van der Waals surface area (Å²) >= 11 is 0. The topological polar surface area (TPSA) is 61.9 Å². The van der Waals surface area contributed by atoms with Gasteiger partial charge in [-0.2, -0.15) is 0 Å². The van der Waals surface area contributed by atoms with Crippen molar-refractivity contribution in [1.82, 2.24) is 15.1 Å². The molecule has 1 unspecified atom stereocenters. The van der Waals surface area contributed by atoms with Crippen LogP contribution in [0.5, 0.6) is 5.75 Å². The molecule has 3 heterocycles. The third-order valence-corrected chi connectivity index (χ3v) is 7.43. The van der Waals surface area contributed by atoms with Crippen LogP contribution in [0.15, 0.2) is 42.5 Å². The van der Waals surface area contributed by atoms with Crippen molar-refractivity contribution in [3.8, 4) is 17.6 Å². The first-order chi connectivity index (χ1) is 17.0. The Labute approximate surface area is 205 Å². The van der Waals surface area contributed by atoms with Crippen LogP contribution in [0.4, 0.5) is 9.18 Å². The van der Waals surface area contributed by atoms with Crippen molar-refractivity contribution in [3.05, 3.63) is 65.0 Å². The molecule has 5 rings (SSSR count). The maximum atomic E-state index is 14.0. The number of amides is 3. The van der Waals surface area contributed by atoms with Crippen molar-refractivity contribution in [3.63, 3.8) is 0 Å². The average molecular weight is 476 g/mol. The average Bonchev–Trinajstić information content (AvgIpc) is 3.41. The van der Waals surface area contributed by atoms with E-state index in [9.17, 15) is 14.0 Å². The van der Waals surface area contributed by atoms with E-state index >= 15 is 0 Å². The van der Waals surface area contributed by atoms with E-state index in [1.165, 1.54) is 28.2 Å². The molecule has 6 nitrogen and oxygen atoms in total. The summed E-state index contributed by atoms with van der Waals surface area (Å²) in [5.74, 6) is 5.92. The van der Waals surface area contributed by atoms with Gasteiger partial charge in [-0.25, -0.2) is 9.18 Å². The number of carbonyl (C=O) groups excluding carboxylic acids is 2. The van der Waals surface area contributed by atoms with Crippen LogP contribution in [0.3, 0.4) is 0 Å². The predicted octanol–water partition coefficient (Wildman–Crippen LogP) is 3.53. The minimum atomic E-state index is -1.09. The lowest BCUT2D eigenvalue weighted by atomic mass is 9.74. The molecule has 182 valence electrons. The summed E-state index contributed by atoms with van der Waals surface area (Å²) in [4.78, 5) is 30.1. The fraction of sp³-hybridized carbons (Fsp3) is 0.429. The highest BCUT2D eigenvalue weighted by Gasteiger charge is 2.55. The van der Waals surface area contributed by atoms with Gasteiger partial charge in [0.05, 0.1) is 13.2 Å². The van der Waals surface area contributed by atoms with Crippen LogP contribution < -0.4 is 10.1 Å². The molecule has 1 atom stereocenters. The minimum absolute atomic E-state index is 0.0496. The molecule has 1 N–H and O–H groups in total. The fourth-order valence-electron chi connectivity index (χ4n) is 5.64. The number of urea groups is 1. The highest BCUT2D eigenvalue weighted by Crippen LogP contribution is 2.37. The van der Waals surface area contributed by atoms with Gasteiger partial charge in [0.2, 0.25) is 0 Å². The van der Waals surface area contributed by atoms with Gasteiger partial charge in [0.1, 0.15) is 17.1 Å². The van der Waals surface area contributed by atoms with Crippen LogP contribution in [0.2, 0.25) is 0 Å². The molecule has 2 aromatic rings. The van der Waals surface area contributed by atoms with Gasteiger partial charge in [0.15, 0.2) is 0 Å². The molecule has 0 radical (unpaired) electrons. The van der Waals surface area contributed by atoms with E-state index in [4.69, 9.17) is 4.74 Å². The molecule has 3 aliphatic rings. The Morgan fingerprint density at radius 2 is 1.97 bits per heavy atom. The Balaban J connectivity index is 1.33. The molecule has 3 aliphatic heterocycles. The molecule has 3 amide bonds. The monoisotopic (exact) mass is 475 g/mol. The second kappa shape index (κ2) is 9.71. The predicted molar refractivity (Wildman–Crippen MR) is 130 cm³/mol. The summed E-state index contributed by atoms with van der Waals surface area (Å²) in [5, 5.41) is 3.02. The van der Waals surface area contributed by atoms with Crippen molar-refractivity contribution in [2.24, 2.45) is 5.92 Å². The number of likely N-dealkylation sites (tertiary alicyclic amines) is 1. The van der Waals surface area contributed by atoms with Gasteiger partial charge in [-0.1, -0.05) is 30.2 Å². The van der Waals surface area contributed by atoms with Crippen molar-refractivity contribution in [1.29, 1.82) is 0 Å². The van der Waals surface area contributed by atoms with Crippen LogP contribution in [0.25, 0.3) is 0 Å². The zero-order valence-corrected chi connectivity index (χ0v) is 20.0. The molecule has 35 heavy (non-hydrogen) atoms. The molecule has 0 bridgehead atoms. The Morgan fingerprint density at radius 1 is 1.14 bits per heavy atom. The maximum Gasteiger partial charge on any atom is 0.325 e. The molecule has 2 saturated heterocycles. The number of nitrogens with zero attached hydrogens (tertiary/aromatic N) is 2. The maximum absolute atomic E-state index is 14.0. The number of carbonyl (C=O) groups is 2. The van der Waals surface area contributed by atoms with Gasteiger partial charge in [-0.05, 0) is 73.7 Å². The summed E-state index contributed by atoms with van der Waals surface area (Å²) in [6, 6.07) is 12.3. The Morgan fingerprint density at radius 3 is 2.74 bits per heavy atom. The van der Waals surface area contributed by atoms with Gasteiger partial charge < -0.3 is 10.1 Å². The summed E-state index contributed by atoms with van der Waals surface area (Å²) < 4.78 is 19.6. The summed E-state index contributed by atoms with van der Waals surface area (Å²) in [7, 11) is 0. The molecule has 0 spiro atoms. The number of piperidine rings is 1. The van der Waals surface area contributed by atoms with Gasteiger partial charge >= 0.3 is 6.03 Å². The van der Waals surface area contributed by atoms with Crippen molar-refractivity contribution < 1.29 is 18.7 Å². The SMILES string of the molecule is CC#CCN1C(=O)NC(Cc2cccc(F)c2)(C2CCN(Cc3ccc4c(c3)CCO4)CC2)C1=O. The molecular formula is C28H30FN3O3. The highest BCUT2D eigenvalue weighted by molar-refractivity contribution is 6.07. The van der Waals surface area contributed by atoms with Gasteiger partial charge in [0.25, 0.3) is 5.91 Å². The second-order valence-electron chi connectivity index (χ2n) is 9.62. The molecule has 0 saturated carbocycles. The first kappa shape index (κ1) is 23.4. The number of ether oxygens (including phenoxy) is 1. The van der Waals surface area contributed by atoms with Crippen LogP contribution in [-0.4, -0.2) is 53.5 Å². The zero-order chi connectivity index (χ0) is 24.4. The Hall–Kier alpha value is -3.37. The lowest BCUT2D eigenvalue weighted by Crippen LogP contribution is -2.57. The number of fused-ring (bicyclic) bond motifs is 1. The summed E-state index contributed by atoms with van der Waals surface area (Å²) in [5.41, 5.74) is 2.14. The standard InChI is InChI=1S/C28H30FN3O3/c1-2-3-12-32-26(33)28(30-27(32)34,18-20-5-4-6-24(29)17-20)23-9-13-31(14-10-23)19-21-7-8-25-22(16-21)11-15-35-25/h4-8,16-17,23H,9-15,18-19H2,1H3,(H,30,34). The van der Waals surface area contributed by atoms with Gasteiger partial charge in [-0.3, -0.25) is 14.6 Å². The van der Waals surface area contributed by atoms with Crippen molar-refractivity contribution >= 4 is 11.9 Å². The number of rotatable bonds is 6. The Kier molecular flexibility index (Phi) is 6.48. The minimum Gasteiger partial charge on any atom is -0.493 e. The fourth-order valence-corrected chi connectivity index (χ4v) is 5.64. The Bertz CT molecular complexity index is 1200. The molecule has 2 fully saturated rings. The summed E-state index contributed by atoms with van der Waals surface area (Å²) in [6.45, 7) is 4.98. The van der Waals surface area contributed by atoms with E-state index in [1.807, 2.05) is 6.07 Å². The normalized spacial score (nSPS) is 22.4. The summed E-state index contributed by atoms with van der Waals surface area (Å²) in [6.07, 6.45) is 2.75. The largest absolute Gasteiger partial charge is 0.493 e. The third kappa shape index (κ3) is 4.63. The van der Waals surface area contributed by atoms with E-state index in [0.29, 0.717) is 5.56 Å². The van der Waals surface area contributed by atoms with E-state index in [2.05, 4.69) is 40.3 Å². The number of halogens is 1.